The molecule has 0 atom stereocenters. The summed E-state index contributed by atoms with van der Waals surface area (Å²) in [5, 5.41) is 0. The lowest BCUT2D eigenvalue weighted by Crippen LogP contribution is -2.36. The molecule has 120 valence electrons. The Bertz CT molecular complexity index is 795. The Morgan fingerprint density at radius 3 is 1.92 bits per heavy atom. The molecule has 0 saturated heterocycles. The highest BCUT2D eigenvalue weighted by Crippen LogP contribution is 2.47. The molecule has 0 aromatic heterocycles. The second-order valence-corrected chi connectivity index (χ2v) is 5.64. The van der Waals surface area contributed by atoms with Crippen LogP contribution < -0.4 is 15.4 Å². The standard InChI is InChI=1S/C20H17NO3/c21-22-14-15-11-12-18-19(13-15)24-20(23-18,16-7-3-1-4-8-16)17-9-5-2-6-10-17/h1-13H,14,21H2. The highest BCUT2D eigenvalue weighted by Gasteiger charge is 2.45. The van der Waals surface area contributed by atoms with Gasteiger partial charge in [-0.05, 0) is 17.7 Å². The minimum absolute atomic E-state index is 0.320. The smallest absolute Gasteiger partial charge is 0.305 e. The normalized spacial score (nSPS) is 14.5. The first-order chi connectivity index (χ1) is 11.8. The predicted molar refractivity (Wildman–Crippen MR) is 90.3 cm³/mol. The average molecular weight is 319 g/mol. The minimum Gasteiger partial charge on any atom is -0.440 e. The summed E-state index contributed by atoms with van der Waals surface area (Å²) in [6.45, 7) is 0.320. The lowest BCUT2D eigenvalue weighted by Gasteiger charge is -2.28. The summed E-state index contributed by atoms with van der Waals surface area (Å²) in [6, 6.07) is 25.6. The van der Waals surface area contributed by atoms with E-state index in [0.29, 0.717) is 18.1 Å². The van der Waals surface area contributed by atoms with Crippen molar-refractivity contribution in [3.05, 3.63) is 95.6 Å². The van der Waals surface area contributed by atoms with E-state index in [4.69, 9.17) is 20.2 Å². The van der Waals surface area contributed by atoms with Gasteiger partial charge in [0.15, 0.2) is 11.5 Å². The van der Waals surface area contributed by atoms with Crippen LogP contribution in [0.15, 0.2) is 78.9 Å². The molecular formula is C20H17NO3. The summed E-state index contributed by atoms with van der Waals surface area (Å²) in [6.07, 6.45) is 0. The third kappa shape index (κ3) is 2.42. The van der Waals surface area contributed by atoms with Gasteiger partial charge < -0.3 is 9.47 Å². The molecule has 1 aliphatic heterocycles. The second-order valence-electron chi connectivity index (χ2n) is 5.64. The first-order valence-corrected chi connectivity index (χ1v) is 7.75. The maximum atomic E-state index is 6.34. The lowest BCUT2D eigenvalue weighted by atomic mass is 9.97. The van der Waals surface area contributed by atoms with E-state index >= 15 is 0 Å². The molecule has 4 nitrogen and oxygen atoms in total. The van der Waals surface area contributed by atoms with Crippen LogP contribution in [0.5, 0.6) is 11.5 Å². The first-order valence-electron chi connectivity index (χ1n) is 7.75. The maximum absolute atomic E-state index is 6.34. The maximum Gasteiger partial charge on any atom is 0.305 e. The van der Waals surface area contributed by atoms with Crippen molar-refractivity contribution in [3.8, 4) is 11.5 Å². The summed E-state index contributed by atoms with van der Waals surface area (Å²) in [7, 11) is 0. The van der Waals surface area contributed by atoms with E-state index in [-0.39, 0.29) is 0 Å². The predicted octanol–water partition coefficient (Wildman–Crippen LogP) is 3.75. The van der Waals surface area contributed by atoms with Gasteiger partial charge in [0.1, 0.15) is 0 Å². The van der Waals surface area contributed by atoms with Gasteiger partial charge in [0, 0.05) is 11.1 Å². The third-order valence-electron chi connectivity index (χ3n) is 4.07. The Morgan fingerprint density at radius 2 is 1.33 bits per heavy atom. The van der Waals surface area contributed by atoms with Crippen molar-refractivity contribution in [2.75, 3.05) is 0 Å². The van der Waals surface area contributed by atoms with Gasteiger partial charge in [0.2, 0.25) is 0 Å². The molecule has 0 unspecified atom stereocenters. The van der Waals surface area contributed by atoms with Crippen LogP contribution in [0, 0.1) is 0 Å². The van der Waals surface area contributed by atoms with E-state index in [2.05, 4.69) is 0 Å². The van der Waals surface area contributed by atoms with Crippen molar-refractivity contribution >= 4 is 0 Å². The van der Waals surface area contributed by atoms with Crippen LogP contribution in [0.3, 0.4) is 0 Å². The molecule has 4 heteroatoms. The fourth-order valence-corrected chi connectivity index (χ4v) is 2.95. The quantitative estimate of drug-likeness (QED) is 0.744. The highest BCUT2D eigenvalue weighted by molar-refractivity contribution is 5.50. The Balaban J connectivity index is 1.82. The molecule has 0 radical (unpaired) electrons. The molecule has 0 aliphatic carbocycles. The SMILES string of the molecule is NOCc1ccc2c(c1)OC(c1ccccc1)(c1ccccc1)O2. The van der Waals surface area contributed by atoms with Crippen molar-refractivity contribution in [2.45, 2.75) is 12.4 Å². The summed E-state index contributed by atoms with van der Waals surface area (Å²) >= 11 is 0. The van der Waals surface area contributed by atoms with Crippen LogP contribution in [0.2, 0.25) is 0 Å². The zero-order chi connectivity index (χ0) is 16.4. The summed E-state index contributed by atoms with van der Waals surface area (Å²) in [4.78, 5) is 4.71. The minimum atomic E-state index is -0.993. The van der Waals surface area contributed by atoms with E-state index in [0.717, 1.165) is 16.7 Å². The van der Waals surface area contributed by atoms with Gasteiger partial charge in [0.25, 0.3) is 0 Å². The Labute approximate surface area is 140 Å². The number of hydrogen-bond donors (Lipinski definition) is 1. The molecule has 4 rings (SSSR count). The number of benzene rings is 3. The third-order valence-corrected chi connectivity index (χ3v) is 4.07. The van der Waals surface area contributed by atoms with Gasteiger partial charge in [-0.3, -0.25) is 4.84 Å². The van der Waals surface area contributed by atoms with Crippen molar-refractivity contribution in [1.29, 1.82) is 0 Å². The van der Waals surface area contributed by atoms with Gasteiger partial charge in [0.05, 0.1) is 6.61 Å². The van der Waals surface area contributed by atoms with E-state index in [1.54, 1.807) is 0 Å². The number of fused-ring (bicyclic) bond motifs is 1. The van der Waals surface area contributed by atoms with Gasteiger partial charge in [-0.1, -0.05) is 66.7 Å². The number of hydrogen-bond acceptors (Lipinski definition) is 4. The number of rotatable bonds is 4. The highest BCUT2D eigenvalue weighted by atomic mass is 16.7. The van der Waals surface area contributed by atoms with Crippen LogP contribution in [-0.4, -0.2) is 0 Å². The molecule has 1 heterocycles. The van der Waals surface area contributed by atoms with Crippen molar-refractivity contribution in [1.82, 2.24) is 0 Å². The molecule has 0 spiro atoms. The van der Waals surface area contributed by atoms with Gasteiger partial charge in [-0.2, -0.15) is 0 Å². The Kier molecular flexibility index (Phi) is 3.69. The van der Waals surface area contributed by atoms with Crippen LogP contribution >= 0.6 is 0 Å². The lowest BCUT2D eigenvalue weighted by molar-refractivity contribution is -0.0459. The molecule has 24 heavy (non-hydrogen) atoms. The fraction of sp³-hybridized carbons (Fsp3) is 0.100. The van der Waals surface area contributed by atoms with Crippen LogP contribution in [-0.2, 0) is 17.2 Å². The second kappa shape index (κ2) is 6.00. The van der Waals surface area contributed by atoms with Gasteiger partial charge >= 0.3 is 5.79 Å². The van der Waals surface area contributed by atoms with E-state index in [9.17, 15) is 0 Å². The number of ether oxygens (including phenoxy) is 2. The van der Waals surface area contributed by atoms with Crippen LogP contribution in [0.1, 0.15) is 16.7 Å². The molecular weight excluding hydrogens is 302 g/mol. The monoisotopic (exact) mass is 319 g/mol. The van der Waals surface area contributed by atoms with Crippen molar-refractivity contribution < 1.29 is 14.3 Å². The van der Waals surface area contributed by atoms with Gasteiger partial charge in [-0.15, -0.1) is 0 Å². The van der Waals surface area contributed by atoms with Crippen LogP contribution in [0.4, 0.5) is 0 Å². The molecule has 3 aromatic carbocycles. The zero-order valence-electron chi connectivity index (χ0n) is 13.0. The summed E-state index contributed by atoms with van der Waals surface area (Å²) in [5.74, 6) is 5.55. The topological polar surface area (TPSA) is 53.7 Å². The van der Waals surface area contributed by atoms with Crippen molar-refractivity contribution in [3.63, 3.8) is 0 Å². The zero-order valence-corrected chi connectivity index (χ0v) is 13.0. The number of nitrogens with two attached hydrogens (primary N) is 1. The van der Waals surface area contributed by atoms with E-state index in [1.807, 2.05) is 78.9 Å². The Hall–Kier alpha value is -2.82. The van der Waals surface area contributed by atoms with Crippen molar-refractivity contribution in [2.24, 2.45) is 5.90 Å². The molecule has 2 N–H and O–H groups in total. The fourth-order valence-electron chi connectivity index (χ4n) is 2.95. The Morgan fingerprint density at radius 1 is 0.750 bits per heavy atom. The molecule has 1 aliphatic rings. The van der Waals surface area contributed by atoms with Crippen LogP contribution in [0.25, 0.3) is 0 Å². The molecule has 0 bridgehead atoms. The van der Waals surface area contributed by atoms with Gasteiger partial charge in [-0.25, -0.2) is 5.90 Å². The molecule has 0 amide bonds. The largest absolute Gasteiger partial charge is 0.440 e. The molecule has 3 aromatic rings. The average Bonchev–Trinajstić information content (AvgIpc) is 3.04. The van der Waals surface area contributed by atoms with E-state index < -0.39 is 5.79 Å². The summed E-state index contributed by atoms with van der Waals surface area (Å²) < 4.78 is 12.6. The first kappa shape index (κ1) is 14.8. The molecule has 0 fully saturated rings. The van der Waals surface area contributed by atoms with E-state index in [1.165, 1.54) is 0 Å². The molecule has 0 saturated carbocycles. The summed E-state index contributed by atoms with van der Waals surface area (Å²) in [5.41, 5.74) is 2.80.